The van der Waals surface area contributed by atoms with Gasteiger partial charge in [-0.25, -0.2) is 0 Å². The molecule has 0 aromatic heterocycles. The molecule has 0 aliphatic heterocycles. The maximum Gasteiger partial charge on any atom is 0.00684 e. The van der Waals surface area contributed by atoms with Gasteiger partial charge in [-0.2, -0.15) is 0 Å². The molecule has 1 N–H and O–H groups in total. The summed E-state index contributed by atoms with van der Waals surface area (Å²) in [6.07, 6.45) is 13.1. The molecule has 20 heavy (non-hydrogen) atoms. The lowest BCUT2D eigenvalue weighted by atomic mass is 9.79. The fraction of sp³-hybridized carbons (Fsp3) is 1.00. The summed E-state index contributed by atoms with van der Waals surface area (Å²) in [6.45, 7) is 6.36. The van der Waals surface area contributed by atoms with Crippen molar-refractivity contribution in [1.82, 2.24) is 10.2 Å². The van der Waals surface area contributed by atoms with E-state index in [1.807, 2.05) is 0 Å². The van der Waals surface area contributed by atoms with Crippen LogP contribution in [0, 0.1) is 17.3 Å². The lowest BCUT2D eigenvalue weighted by Gasteiger charge is -2.37. The first-order chi connectivity index (χ1) is 9.67. The summed E-state index contributed by atoms with van der Waals surface area (Å²) in [6, 6.07) is 0.865. The minimum absolute atomic E-state index is 0.575. The monoisotopic (exact) mass is 278 g/mol. The molecule has 0 aromatic carbocycles. The zero-order valence-electron chi connectivity index (χ0n) is 13.7. The molecule has 0 amide bonds. The number of hydrogen-bond donors (Lipinski definition) is 1. The Morgan fingerprint density at radius 2 is 1.75 bits per heavy atom. The average molecular weight is 278 g/mol. The van der Waals surface area contributed by atoms with Gasteiger partial charge in [0.2, 0.25) is 0 Å². The normalized spacial score (nSPS) is 33.1. The van der Waals surface area contributed by atoms with Crippen molar-refractivity contribution in [2.24, 2.45) is 17.3 Å². The van der Waals surface area contributed by atoms with Crippen LogP contribution in [0.15, 0.2) is 0 Å². The molecule has 3 saturated carbocycles. The molecule has 3 rings (SSSR count). The molecule has 0 bridgehead atoms. The molecular weight excluding hydrogens is 244 g/mol. The van der Waals surface area contributed by atoms with E-state index < -0.39 is 0 Å². The highest BCUT2D eigenvalue weighted by atomic mass is 15.1. The molecule has 0 radical (unpaired) electrons. The molecule has 3 aliphatic rings. The molecule has 2 unspecified atom stereocenters. The second-order valence-corrected chi connectivity index (χ2v) is 8.24. The first-order valence-corrected chi connectivity index (χ1v) is 9.09. The van der Waals surface area contributed by atoms with E-state index >= 15 is 0 Å². The second-order valence-electron chi connectivity index (χ2n) is 8.24. The maximum absolute atomic E-state index is 3.85. The third kappa shape index (κ3) is 4.21. The van der Waals surface area contributed by atoms with E-state index in [2.05, 4.69) is 24.2 Å². The number of nitrogens with one attached hydrogen (secondary N) is 1. The summed E-state index contributed by atoms with van der Waals surface area (Å²) in [5, 5.41) is 3.85. The van der Waals surface area contributed by atoms with Crippen molar-refractivity contribution in [3.63, 3.8) is 0 Å². The van der Waals surface area contributed by atoms with Crippen molar-refractivity contribution in [1.29, 1.82) is 0 Å². The Balaban J connectivity index is 1.54. The molecular formula is C18H34N2. The third-order valence-corrected chi connectivity index (χ3v) is 5.93. The predicted octanol–water partition coefficient (Wildman–Crippen LogP) is 3.67. The van der Waals surface area contributed by atoms with E-state index in [-0.39, 0.29) is 0 Å². The van der Waals surface area contributed by atoms with Gasteiger partial charge in [-0.05, 0) is 56.4 Å². The van der Waals surface area contributed by atoms with Crippen LogP contribution in [0.1, 0.15) is 64.7 Å². The molecule has 2 atom stereocenters. The summed E-state index contributed by atoms with van der Waals surface area (Å²) >= 11 is 0. The fourth-order valence-electron chi connectivity index (χ4n) is 4.21. The van der Waals surface area contributed by atoms with Crippen LogP contribution >= 0.6 is 0 Å². The summed E-state index contributed by atoms with van der Waals surface area (Å²) < 4.78 is 0. The largest absolute Gasteiger partial charge is 0.313 e. The fourth-order valence-corrected chi connectivity index (χ4v) is 4.21. The lowest BCUT2D eigenvalue weighted by molar-refractivity contribution is 0.141. The Morgan fingerprint density at radius 3 is 2.30 bits per heavy atom. The van der Waals surface area contributed by atoms with Gasteiger partial charge in [0.1, 0.15) is 0 Å². The van der Waals surface area contributed by atoms with Gasteiger partial charge >= 0.3 is 0 Å². The summed E-state index contributed by atoms with van der Waals surface area (Å²) in [7, 11) is 2.37. The summed E-state index contributed by atoms with van der Waals surface area (Å²) in [5.41, 5.74) is 0.575. The summed E-state index contributed by atoms with van der Waals surface area (Å²) in [4.78, 5) is 2.66. The Morgan fingerprint density at radius 1 is 1.10 bits per heavy atom. The van der Waals surface area contributed by atoms with Crippen LogP contribution in [-0.2, 0) is 0 Å². The maximum atomic E-state index is 3.85. The number of hydrogen-bond acceptors (Lipinski definition) is 2. The van der Waals surface area contributed by atoms with Crippen LogP contribution in [0.2, 0.25) is 0 Å². The highest BCUT2D eigenvalue weighted by Gasteiger charge is 2.37. The topological polar surface area (TPSA) is 15.3 Å². The highest BCUT2D eigenvalue weighted by Crippen LogP contribution is 2.40. The van der Waals surface area contributed by atoms with Crippen molar-refractivity contribution in [3.8, 4) is 0 Å². The first-order valence-electron chi connectivity index (χ1n) is 9.09. The van der Waals surface area contributed by atoms with Gasteiger partial charge in [-0.15, -0.1) is 0 Å². The molecule has 3 aliphatic carbocycles. The second kappa shape index (κ2) is 6.36. The van der Waals surface area contributed by atoms with Crippen LogP contribution < -0.4 is 5.32 Å². The minimum Gasteiger partial charge on any atom is -0.313 e. The first kappa shape index (κ1) is 14.8. The van der Waals surface area contributed by atoms with Crippen LogP contribution in [0.5, 0.6) is 0 Å². The molecule has 2 nitrogen and oxygen atoms in total. The Labute approximate surface area is 125 Å². The number of nitrogens with zero attached hydrogens (tertiary/aromatic N) is 1. The molecule has 3 fully saturated rings. The van der Waals surface area contributed by atoms with E-state index in [0.29, 0.717) is 5.41 Å². The SMILES string of the molecule is CC1CC1CN(C)CC1(CNC2CC2)CCCCCC1. The van der Waals surface area contributed by atoms with E-state index in [9.17, 15) is 0 Å². The van der Waals surface area contributed by atoms with Gasteiger partial charge < -0.3 is 10.2 Å². The Hall–Kier alpha value is -0.0800. The molecule has 0 aromatic rings. The quantitative estimate of drug-likeness (QED) is 0.715. The summed E-state index contributed by atoms with van der Waals surface area (Å²) in [5.74, 6) is 1.99. The van der Waals surface area contributed by atoms with Crippen molar-refractivity contribution in [2.75, 3.05) is 26.7 Å². The van der Waals surface area contributed by atoms with Crippen molar-refractivity contribution in [3.05, 3.63) is 0 Å². The van der Waals surface area contributed by atoms with Gasteiger partial charge in [0.15, 0.2) is 0 Å². The van der Waals surface area contributed by atoms with Crippen molar-refractivity contribution < 1.29 is 0 Å². The highest BCUT2D eigenvalue weighted by molar-refractivity contribution is 4.92. The van der Waals surface area contributed by atoms with Crippen molar-refractivity contribution in [2.45, 2.75) is 70.8 Å². The van der Waals surface area contributed by atoms with Gasteiger partial charge in [0.05, 0.1) is 0 Å². The van der Waals surface area contributed by atoms with Crippen LogP contribution in [0.4, 0.5) is 0 Å². The molecule has 0 spiro atoms. The van der Waals surface area contributed by atoms with E-state index in [1.165, 1.54) is 77.4 Å². The smallest absolute Gasteiger partial charge is 0.00684 e. The molecule has 2 heteroatoms. The predicted molar refractivity (Wildman–Crippen MR) is 85.9 cm³/mol. The third-order valence-electron chi connectivity index (χ3n) is 5.93. The van der Waals surface area contributed by atoms with E-state index in [4.69, 9.17) is 0 Å². The van der Waals surface area contributed by atoms with Gasteiger partial charge in [-0.3, -0.25) is 0 Å². The Bertz CT molecular complexity index is 303. The van der Waals surface area contributed by atoms with Crippen molar-refractivity contribution >= 4 is 0 Å². The molecule has 116 valence electrons. The van der Waals surface area contributed by atoms with Crippen LogP contribution in [0.3, 0.4) is 0 Å². The van der Waals surface area contributed by atoms with Crippen LogP contribution in [0.25, 0.3) is 0 Å². The van der Waals surface area contributed by atoms with Gasteiger partial charge in [0, 0.05) is 25.7 Å². The standard InChI is InChI=1S/C18H34N2/c1-15-11-16(15)12-20(2)14-18(13-19-17-7-8-17)9-5-3-4-6-10-18/h15-17,19H,3-14H2,1-2H3. The Kier molecular flexibility index (Phi) is 4.72. The average Bonchev–Trinajstić information content (AvgIpc) is 3.28. The van der Waals surface area contributed by atoms with E-state index in [0.717, 1.165) is 17.9 Å². The zero-order valence-corrected chi connectivity index (χ0v) is 13.7. The van der Waals surface area contributed by atoms with Crippen LogP contribution in [-0.4, -0.2) is 37.6 Å². The minimum atomic E-state index is 0.575. The van der Waals surface area contributed by atoms with E-state index in [1.54, 1.807) is 0 Å². The molecule has 0 saturated heterocycles. The molecule has 0 heterocycles. The number of rotatable bonds is 7. The zero-order chi connectivity index (χ0) is 14.0. The lowest BCUT2D eigenvalue weighted by Crippen LogP contribution is -2.44. The van der Waals surface area contributed by atoms with Gasteiger partial charge in [0.25, 0.3) is 0 Å². The van der Waals surface area contributed by atoms with Gasteiger partial charge in [-0.1, -0.05) is 32.6 Å².